The smallest absolute Gasteiger partial charge is 0.411 e. The van der Waals surface area contributed by atoms with Crippen LogP contribution in [0.25, 0.3) is 0 Å². The zero-order chi connectivity index (χ0) is 32.5. The molecule has 0 aromatic heterocycles. The largest absolute Gasteiger partial charge is 0.494 e. The summed E-state index contributed by atoms with van der Waals surface area (Å²) in [4.78, 5) is 40.5. The van der Waals surface area contributed by atoms with Crippen LogP contribution in [0.1, 0.15) is 65.8 Å². The lowest BCUT2D eigenvalue weighted by Crippen LogP contribution is -2.38. The van der Waals surface area contributed by atoms with Crippen LogP contribution in [-0.2, 0) is 25.9 Å². The van der Waals surface area contributed by atoms with Gasteiger partial charge in [-0.15, -0.1) is 0 Å². The van der Waals surface area contributed by atoms with Crippen LogP contribution in [0.5, 0.6) is 5.75 Å². The third-order valence-electron chi connectivity index (χ3n) is 8.12. The van der Waals surface area contributed by atoms with E-state index >= 15 is 0 Å². The maximum Gasteiger partial charge on any atom is 0.411 e. The minimum Gasteiger partial charge on any atom is -0.494 e. The number of anilines is 2. The van der Waals surface area contributed by atoms with E-state index in [9.17, 15) is 27.2 Å². The molecule has 3 amide bonds. The monoisotopic (exact) mass is 638 g/mol. The predicted octanol–water partition coefficient (Wildman–Crippen LogP) is 4.96. The molecule has 0 spiro atoms. The summed E-state index contributed by atoms with van der Waals surface area (Å²) < 4.78 is 51.3. The molecule has 2 heterocycles. The van der Waals surface area contributed by atoms with Gasteiger partial charge in [0.2, 0.25) is 5.91 Å². The van der Waals surface area contributed by atoms with Gasteiger partial charge in [-0.3, -0.25) is 14.9 Å². The summed E-state index contributed by atoms with van der Waals surface area (Å²) in [6, 6.07) is 12.1. The molecule has 3 aromatic rings. The maximum atomic E-state index is 14.5. The average molecular weight is 639 g/mol. The van der Waals surface area contributed by atoms with E-state index in [-0.39, 0.29) is 16.6 Å². The number of amides is 3. The van der Waals surface area contributed by atoms with Gasteiger partial charge >= 0.3 is 6.09 Å². The molecule has 2 unspecified atom stereocenters. The fourth-order valence-corrected chi connectivity index (χ4v) is 6.99. The molecule has 238 valence electrons. The highest BCUT2D eigenvalue weighted by atomic mass is 32.2. The van der Waals surface area contributed by atoms with Crippen LogP contribution >= 0.6 is 0 Å². The molecule has 0 saturated carbocycles. The SMILES string of the molecule is COC(=O)Nc1ccc(S(=O)(=O)C(C)C)c(C2CCCN2C(=O)C(Nc2ccc3c(c2)C(=O)NC3)c2ccc(F)c(OC)c2)c1. The summed E-state index contributed by atoms with van der Waals surface area (Å²) in [6.07, 6.45) is 0.328. The second-order valence-electron chi connectivity index (χ2n) is 11.2. The molecule has 2 atom stereocenters. The number of sulfone groups is 1. The zero-order valence-electron chi connectivity index (χ0n) is 25.3. The van der Waals surface area contributed by atoms with Crippen LogP contribution in [0.15, 0.2) is 59.5 Å². The molecular formula is C32H35FN4O7S. The first-order valence-electron chi connectivity index (χ1n) is 14.5. The summed E-state index contributed by atoms with van der Waals surface area (Å²) in [5, 5.41) is 7.84. The normalized spacial score (nSPS) is 16.6. The third kappa shape index (κ3) is 6.30. The minimum absolute atomic E-state index is 0.0506. The van der Waals surface area contributed by atoms with Gasteiger partial charge < -0.3 is 25.0 Å². The minimum atomic E-state index is -3.78. The Balaban J connectivity index is 1.58. The van der Waals surface area contributed by atoms with Crippen LogP contribution in [0.4, 0.5) is 20.6 Å². The number of rotatable bonds is 9. The lowest BCUT2D eigenvalue weighted by molar-refractivity contribution is -0.133. The Hall–Kier alpha value is -4.65. The Morgan fingerprint density at radius 1 is 1.04 bits per heavy atom. The molecule has 2 aliphatic heterocycles. The highest BCUT2D eigenvalue weighted by Gasteiger charge is 2.38. The summed E-state index contributed by atoms with van der Waals surface area (Å²) >= 11 is 0. The second-order valence-corrected chi connectivity index (χ2v) is 13.7. The number of methoxy groups -OCH3 is 2. The Kier molecular flexibility index (Phi) is 9.01. The summed E-state index contributed by atoms with van der Waals surface area (Å²) in [7, 11) is -1.24. The molecule has 13 heteroatoms. The number of benzene rings is 3. The fraction of sp³-hybridized carbons (Fsp3) is 0.344. The molecule has 0 aliphatic carbocycles. The van der Waals surface area contributed by atoms with Crippen LogP contribution in [0.2, 0.25) is 0 Å². The van der Waals surface area contributed by atoms with Crippen molar-refractivity contribution in [2.45, 2.75) is 55.5 Å². The molecule has 5 rings (SSSR count). The van der Waals surface area contributed by atoms with Gasteiger partial charge in [-0.2, -0.15) is 0 Å². The van der Waals surface area contributed by atoms with Crippen molar-refractivity contribution in [3.8, 4) is 5.75 Å². The molecule has 1 saturated heterocycles. The Bertz CT molecular complexity index is 1760. The molecule has 3 N–H and O–H groups in total. The number of hydrogen-bond acceptors (Lipinski definition) is 8. The Morgan fingerprint density at radius 3 is 2.51 bits per heavy atom. The topological polar surface area (TPSA) is 143 Å². The Labute approximate surface area is 261 Å². The van der Waals surface area contributed by atoms with E-state index in [2.05, 4.69) is 16.0 Å². The number of likely N-dealkylation sites (tertiary alicyclic amines) is 1. The lowest BCUT2D eigenvalue weighted by Gasteiger charge is -2.32. The van der Waals surface area contributed by atoms with Gasteiger partial charge in [-0.1, -0.05) is 12.1 Å². The number of carbonyl (C=O) groups excluding carboxylic acids is 3. The third-order valence-corrected chi connectivity index (χ3v) is 10.3. The molecule has 1 fully saturated rings. The van der Waals surface area contributed by atoms with E-state index in [0.29, 0.717) is 54.0 Å². The summed E-state index contributed by atoms with van der Waals surface area (Å²) in [5.74, 6) is -1.27. The molecule has 2 aliphatic rings. The van der Waals surface area contributed by atoms with E-state index in [1.54, 1.807) is 43.0 Å². The van der Waals surface area contributed by atoms with Crippen molar-refractivity contribution in [1.82, 2.24) is 10.2 Å². The number of nitrogens with one attached hydrogen (secondary N) is 3. The van der Waals surface area contributed by atoms with Crippen molar-refractivity contribution in [3.63, 3.8) is 0 Å². The first kappa shape index (κ1) is 31.8. The molecular weight excluding hydrogens is 603 g/mol. The molecule has 3 aromatic carbocycles. The number of ether oxygens (including phenoxy) is 2. The summed E-state index contributed by atoms with van der Waals surface area (Å²) in [6.45, 7) is 3.89. The van der Waals surface area contributed by atoms with Crippen LogP contribution in [-0.4, -0.2) is 57.2 Å². The Morgan fingerprint density at radius 2 is 1.80 bits per heavy atom. The van der Waals surface area contributed by atoms with Gasteiger partial charge in [-0.05, 0) is 85.8 Å². The van der Waals surface area contributed by atoms with Crippen molar-refractivity contribution in [1.29, 1.82) is 0 Å². The first-order valence-corrected chi connectivity index (χ1v) is 16.0. The number of fused-ring (bicyclic) bond motifs is 1. The predicted molar refractivity (Wildman–Crippen MR) is 165 cm³/mol. The van der Waals surface area contributed by atoms with Gasteiger partial charge in [0.15, 0.2) is 21.4 Å². The quantitative estimate of drug-likeness (QED) is 0.299. The number of carbonyl (C=O) groups is 3. The standard InChI is InChI=1S/C32H35FN4O7S/c1-18(2)45(41,42)28-12-10-22(36-32(40)44-4)16-24(28)26-6-5-13-37(26)31(39)29(19-8-11-25(33)27(14-19)43-3)35-21-9-7-20-17-34-30(38)23(20)15-21/h7-12,14-16,18,26,29,35H,5-6,13,17H2,1-4H3,(H,34,38)(H,36,40). The van der Waals surface area contributed by atoms with Gasteiger partial charge in [0, 0.05) is 30.0 Å². The van der Waals surface area contributed by atoms with Crippen LogP contribution in [0, 0.1) is 5.82 Å². The van der Waals surface area contributed by atoms with Gasteiger partial charge in [0.1, 0.15) is 6.04 Å². The lowest BCUT2D eigenvalue weighted by atomic mass is 10.00. The zero-order valence-corrected chi connectivity index (χ0v) is 26.2. The molecule has 45 heavy (non-hydrogen) atoms. The fourth-order valence-electron chi connectivity index (χ4n) is 5.70. The van der Waals surface area contributed by atoms with Crippen molar-refractivity contribution >= 4 is 39.1 Å². The van der Waals surface area contributed by atoms with Crippen molar-refractivity contribution in [2.24, 2.45) is 0 Å². The van der Waals surface area contributed by atoms with Gasteiger partial charge in [-0.25, -0.2) is 17.6 Å². The molecule has 0 bridgehead atoms. The van der Waals surface area contributed by atoms with Gasteiger partial charge in [0.25, 0.3) is 5.91 Å². The number of nitrogens with zero attached hydrogens (tertiary/aromatic N) is 1. The van der Waals surface area contributed by atoms with E-state index in [0.717, 1.165) is 5.56 Å². The van der Waals surface area contributed by atoms with Gasteiger partial charge in [0.05, 0.1) is 30.4 Å². The van der Waals surface area contributed by atoms with Crippen molar-refractivity contribution < 1.29 is 36.7 Å². The summed E-state index contributed by atoms with van der Waals surface area (Å²) in [5.41, 5.74) is 2.90. The van der Waals surface area contributed by atoms with E-state index in [1.165, 1.54) is 44.6 Å². The highest BCUT2D eigenvalue weighted by molar-refractivity contribution is 7.92. The van der Waals surface area contributed by atoms with Crippen molar-refractivity contribution in [3.05, 3.63) is 82.7 Å². The highest BCUT2D eigenvalue weighted by Crippen LogP contribution is 2.40. The van der Waals surface area contributed by atoms with E-state index < -0.39 is 45.0 Å². The van der Waals surface area contributed by atoms with Crippen LogP contribution in [0.3, 0.4) is 0 Å². The van der Waals surface area contributed by atoms with Crippen molar-refractivity contribution in [2.75, 3.05) is 31.4 Å². The average Bonchev–Trinajstić information content (AvgIpc) is 3.66. The van der Waals surface area contributed by atoms with E-state index in [1.807, 2.05) is 0 Å². The maximum absolute atomic E-state index is 14.5. The second kappa shape index (κ2) is 12.8. The number of halogens is 1. The van der Waals surface area contributed by atoms with Crippen LogP contribution < -0.4 is 20.7 Å². The molecule has 0 radical (unpaired) electrons. The number of hydrogen-bond donors (Lipinski definition) is 3. The molecule has 11 nitrogen and oxygen atoms in total. The van der Waals surface area contributed by atoms with E-state index in [4.69, 9.17) is 9.47 Å². The first-order chi connectivity index (χ1) is 21.4.